The molecule has 0 amide bonds. The Morgan fingerprint density at radius 2 is 1.91 bits per heavy atom. The van der Waals surface area contributed by atoms with Crippen LogP contribution in [0.15, 0.2) is 42.7 Å². The molecule has 1 aromatic heterocycles. The Balaban J connectivity index is 1.76. The third-order valence-corrected chi connectivity index (χ3v) is 3.12. The molecule has 0 aliphatic heterocycles. The van der Waals surface area contributed by atoms with Crippen LogP contribution in [-0.4, -0.2) is 20.3 Å². The monoisotopic (exact) mass is 302 g/mol. The first kappa shape index (κ1) is 14.0. The van der Waals surface area contributed by atoms with Crippen molar-refractivity contribution in [2.75, 3.05) is 5.32 Å². The van der Waals surface area contributed by atoms with Crippen LogP contribution in [0.1, 0.15) is 5.56 Å². The normalized spacial score (nSPS) is 10.6. The Morgan fingerprint density at radius 3 is 2.59 bits per heavy atom. The topological polar surface area (TPSA) is 73.8 Å². The fraction of sp³-hybridized carbons (Fsp3) is 0.0667. The molecule has 3 aromatic rings. The molecule has 1 heterocycles. The molecule has 22 heavy (non-hydrogen) atoms. The molecule has 112 valence electrons. The summed E-state index contributed by atoms with van der Waals surface area (Å²) < 4.78 is 26.6. The molecular formula is C15H12F2N4O. The van der Waals surface area contributed by atoms with Crippen LogP contribution in [0.4, 0.5) is 14.5 Å². The van der Waals surface area contributed by atoms with Gasteiger partial charge in [0, 0.05) is 17.8 Å². The van der Waals surface area contributed by atoms with Crippen molar-refractivity contribution in [2.24, 2.45) is 0 Å². The highest BCUT2D eigenvalue weighted by Gasteiger charge is 2.09. The summed E-state index contributed by atoms with van der Waals surface area (Å²) >= 11 is 0. The van der Waals surface area contributed by atoms with Gasteiger partial charge in [0.05, 0.1) is 0 Å². The van der Waals surface area contributed by atoms with Gasteiger partial charge in [-0.2, -0.15) is 5.10 Å². The molecule has 2 aromatic carbocycles. The largest absolute Gasteiger partial charge is 0.503 e. The minimum atomic E-state index is -0.979. The molecule has 0 spiro atoms. The number of benzene rings is 2. The average Bonchev–Trinajstić information content (AvgIpc) is 3.05. The Kier molecular flexibility index (Phi) is 3.69. The zero-order valence-corrected chi connectivity index (χ0v) is 11.3. The van der Waals surface area contributed by atoms with Crippen LogP contribution in [0.2, 0.25) is 0 Å². The van der Waals surface area contributed by atoms with E-state index in [-0.39, 0.29) is 6.54 Å². The molecule has 7 heteroatoms. The minimum absolute atomic E-state index is 0.216. The lowest BCUT2D eigenvalue weighted by Crippen LogP contribution is -2.01. The summed E-state index contributed by atoms with van der Waals surface area (Å²) in [5, 5.41) is 18.7. The van der Waals surface area contributed by atoms with Gasteiger partial charge in [-0.25, -0.2) is 13.8 Å². The van der Waals surface area contributed by atoms with E-state index in [0.29, 0.717) is 11.4 Å². The molecule has 0 aliphatic rings. The zero-order chi connectivity index (χ0) is 15.5. The number of hydrogen-bond donors (Lipinski definition) is 3. The third kappa shape index (κ3) is 2.88. The summed E-state index contributed by atoms with van der Waals surface area (Å²) in [4.78, 5) is 4.06. The van der Waals surface area contributed by atoms with E-state index in [0.717, 1.165) is 23.4 Å². The maximum Gasteiger partial charge on any atom is 0.187 e. The molecule has 3 N–H and O–H groups in total. The van der Waals surface area contributed by atoms with Gasteiger partial charge in [0.15, 0.2) is 23.2 Å². The first-order valence-corrected chi connectivity index (χ1v) is 6.50. The van der Waals surface area contributed by atoms with Crippen molar-refractivity contribution in [3.8, 4) is 17.1 Å². The van der Waals surface area contributed by atoms with Crippen molar-refractivity contribution < 1.29 is 13.9 Å². The van der Waals surface area contributed by atoms with E-state index in [4.69, 9.17) is 5.11 Å². The summed E-state index contributed by atoms with van der Waals surface area (Å²) in [6, 6.07) is 9.54. The molecule has 5 nitrogen and oxygen atoms in total. The Morgan fingerprint density at radius 1 is 1.14 bits per heavy atom. The second kappa shape index (κ2) is 5.80. The SMILES string of the molecule is Oc1c(F)cc(CNc2cccc(-c3ncn[nH]3)c2)cc1F. The predicted octanol–water partition coefficient (Wildman–Crippen LogP) is 3.07. The molecule has 3 rings (SSSR count). The number of rotatable bonds is 4. The second-order valence-electron chi connectivity index (χ2n) is 4.68. The zero-order valence-electron chi connectivity index (χ0n) is 11.3. The molecular weight excluding hydrogens is 290 g/mol. The van der Waals surface area contributed by atoms with Crippen molar-refractivity contribution in [3.05, 3.63) is 59.9 Å². The molecule has 0 saturated carbocycles. The quantitative estimate of drug-likeness (QED) is 0.692. The van der Waals surface area contributed by atoms with Gasteiger partial charge in [-0.1, -0.05) is 12.1 Å². The van der Waals surface area contributed by atoms with Crippen LogP contribution in [0.5, 0.6) is 5.75 Å². The lowest BCUT2D eigenvalue weighted by Gasteiger charge is -2.09. The standard InChI is InChI=1S/C15H12F2N4O/c16-12-4-9(5-13(17)14(12)22)7-18-11-3-1-2-10(6-11)15-19-8-20-21-15/h1-6,8,18,22H,7H2,(H,19,20,21). The van der Waals surface area contributed by atoms with E-state index < -0.39 is 17.4 Å². The van der Waals surface area contributed by atoms with Gasteiger partial charge in [-0.05, 0) is 29.8 Å². The van der Waals surface area contributed by atoms with Gasteiger partial charge in [0.25, 0.3) is 0 Å². The van der Waals surface area contributed by atoms with Gasteiger partial charge >= 0.3 is 0 Å². The maximum absolute atomic E-state index is 13.3. The first-order valence-electron chi connectivity index (χ1n) is 6.50. The molecule has 0 fully saturated rings. The molecule has 0 unspecified atom stereocenters. The lowest BCUT2D eigenvalue weighted by molar-refractivity contribution is 0.395. The van der Waals surface area contributed by atoms with E-state index in [9.17, 15) is 8.78 Å². The Bertz CT molecular complexity index is 767. The van der Waals surface area contributed by atoms with Crippen molar-refractivity contribution in [2.45, 2.75) is 6.54 Å². The Labute approximate surface area is 124 Å². The summed E-state index contributed by atoms with van der Waals surface area (Å²) in [6.07, 6.45) is 1.41. The highest BCUT2D eigenvalue weighted by molar-refractivity contribution is 5.62. The number of halogens is 2. The predicted molar refractivity (Wildman–Crippen MR) is 77.2 cm³/mol. The first-order chi connectivity index (χ1) is 10.6. The van der Waals surface area contributed by atoms with Gasteiger partial charge in [-0.3, -0.25) is 5.10 Å². The lowest BCUT2D eigenvalue weighted by atomic mass is 10.1. The van der Waals surface area contributed by atoms with E-state index in [2.05, 4.69) is 20.5 Å². The number of hydrogen-bond acceptors (Lipinski definition) is 4. The van der Waals surface area contributed by atoms with Crippen LogP contribution in [0, 0.1) is 11.6 Å². The second-order valence-corrected chi connectivity index (χ2v) is 4.68. The molecule has 0 atom stereocenters. The third-order valence-electron chi connectivity index (χ3n) is 3.12. The highest BCUT2D eigenvalue weighted by atomic mass is 19.1. The average molecular weight is 302 g/mol. The number of phenolic OH excluding ortho intramolecular Hbond substituents is 1. The van der Waals surface area contributed by atoms with E-state index in [1.807, 2.05) is 24.3 Å². The van der Waals surface area contributed by atoms with Crippen LogP contribution in [0.25, 0.3) is 11.4 Å². The summed E-state index contributed by atoms with van der Waals surface area (Å²) in [6.45, 7) is 0.216. The van der Waals surface area contributed by atoms with Crippen LogP contribution in [0.3, 0.4) is 0 Å². The van der Waals surface area contributed by atoms with Gasteiger partial charge in [0.1, 0.15) is 6.33 Å². The molecule has 0 radical (unpaired) electrons. The minimum Gasteiger partial charge on any atom is -0.503 e. The number of aromatic amines is 1. The van der Waals surface area contributed by atoms with Gasteiger partial charge in [-0.15, -0.1) is 0 Å². The highest BCUT2D eigenvalue weighted by Crippen LogP contribution is 2.23. The molecule has 0 aliphatic carbocycles. The number of phenols is 1. The summed E-state index contributed by atoms with van der Waals surface area (Å²) in [5.41, 5.74) is 1.99. The fourth-order valence-corrected chi connectivity index (χ4v) is 2.05. The molecule has 0 bridgehead atoms. The van der Waals surface area contributed by atoms with Crippen molar-refractivity contribution in [1.29, 1.82) is 0 Å². The van der Waals surface area contributed by atoms with E-state index in [1.54, 1.807) is 0 Å². The maximum atomic E-state index is 13.3. The molecule has 0 saturated heterocycles. The number of nitrogens with zero attached hydrogens (tertiary/aromatic N) is 2. The van der Waals surface area contributed by atoms with Crippen LogP contribution >= 0.6 is 0 Å². The van der Waals surface area contributed by atoms with Crippen molar-refractivity contribution in [3.63, 3.8) is 0 Å². The van der Waals surface area contributed by atoms with E-state index in [1.165, 1.54) is 6.33 Å². The van der Waals surface area contributed by atoms with E-state index >= 15 is 0 Å². The van der Waals surface area contributed by atoms with Crippen LogP contribution < -0.4 is 5.32 Å². The van der Waals surface area contributed by atoms with Crippen molar-refractivity contribution in [1.82, 2.24) is 15.2 Å². The fourth-order valence-electron chi connectivity index (χ4n) is 2.05. The van der Waals surface area contributed by atoms with Crippen molar-refractivity contribution >= 4 is 5.69 Å². The number of aromatic hydroxyl groups is 1. The number of H-pyrrole nitrogens is 1. The van der Waals surface area contributed by atoms with Gasteiger partial charge < -0.3 is 10.4 Å². The number of aromatic nitrogens is 3. The van der Waals surface area contributed by atoms with Gasteiger partial charge in [0.2, 0.25) is 0 Å². The number of anilines is 1. The van der Waals surface area contributed by atoms with Crippen LogP contribution in [-0.2, 0) is 6.54 Å². The smallest absolute Gasteiger partial charge is 0.187 e. The summed E-state index contributed by atoms with van der Waals surface area (Å²) in [5.74, 6) is -2.29. The number of nitrogens with one attached hydrogen (secondary N) is 2. The Hall–Kier alpha value is -2.96. The summed E-state index contributed by atoms with van der Waals surface area (Å²) in [7, 11) is 0.